The fourth-order valence-corrected chi connectivity index (χ4v) is 1.59. The highest BCUT2D eigenvalue weighted by atomic mass is 16.5. The number of amides is 1. The number of anilines is 1. The van der Waals surface area contributed by atoms with Gasteiger partial charge in [0.1, 0.15) is 5.75 Å². The topological polar surface area (TPSA) is 84.9 Å². The zero-order valence-corrected chi connectivity index (χ0v) is 12.0. The molecular weight excluding hydrogens is 262 g/mol. The summed E-state index contributed by atoms with van der Waals surface area (Å²) in [7, 11) is 2.96. The first-order valence-electron chi connectivity index (χ1n) is 6.05. The van der Waals surface area contributed by atoms with Crippen LogP contribution in [-0.4, -0.2) is 36.8 Å². The molecule has 0 saturated heterocycles. The number of benzene rings is 1. The van der Waals surface area contributed by atoms with Gasteiger partial charge in [0.05, 0.1) is 30.4 Å². The van der Waals surface area contributed by atoms with Crippen molar-refractivity contribution < 1.29 is 24.2 Å². The molecule has 110 valence electrons. The average Bonchev–Trinajstić information content (AvgIpc) is 2.38. The van der Waals surface area contributed by atoms with Gasteiger partial charge in [0.25, 0.3) is 0 Å². The molecule has 0 bridgehead atoms. The second-order valence-electron chi connectivity index (χ2n) is 4.91. The quantitative estimate of drug-likeness (QED) is 0.834. The number of nitrogens with one attached hydrogen (secondary N) is 1. The first-order valence-corrected chi connectivity index (χ1v) is 6.05. The third-order valence-corrected chi connectivity index (χ3v) is 2.87. The number of carboxylic acids is 1. The van der Waals surface area contributed by atoms with E-state index in [1.807, 2.05) is 0 Å². The van der Waals surface area contributed by atoms with Crippen molar-refractivity contribution in [3.05, 3.63) is 23.8 Å². The van der Waals surface area contributed by atoms with Crippen LogP contribution in [-0.2, 0) is 9.53 Å². The normalized spacial score (nSPS) is 11.0. The lowest BCUT2D eigenvalue weighted by molar-refractivity contribution is -0.121. The summed E-state index contributed by atoms with van der Waals surface area (Å²) in [5.41, 5.74) is -0.400. The Morgan fingerprint density at radius 2 is 1.95 bits per heavy atom. The van der Waals surface area contributed by atoms with E-state index in [1.165, 1.54) is 26.4 Å². The molecule has 6 heteroatoms. The first-order chi connectivity index (χ1) is 9.29. The molecular formula is C14H19NO5. The van der Waals surface area contributed by atoms with Gasteiger partial charge < -0.3 is 19.9 Å². The lowest BCUT2D eigenvalue weighted by Crippen LogP contribution is -2.29. The van der Waals surface area contributed by atoms with Crippen LogP contribution in [0, 0.1) is 0 Å². The molecule has 1 aromatic rings. The van der Waals surface area contributed by atoms with E-state index in [0.717, 1.165) is 0 Å². The Bertz CT molecular complexity index is 510. The zero-order chi connectivity index (χ0) is 15.3. The van der Waals surface area contributed by atoms with E-state index >= 15 is 0 Å². The van der Waals surface area contributed by atoms with E-state index in [0.29, 0.717) is 5.75 Å². The van der Waals surface area contributed by atoms with Crippen LogP contribution in [0.5, 0.6) is 5.75 Å². The Morgan fingerprint density at radius 3 is 2.45 bits per heavy atom. The highest BCUT2D eigenvalue weighted by molar-refractivity contribution is 6.01. The summed E-state index contributed by atoms with van der Waals surface area (Å²) >= 11 is 0. The molecule has 1 aromatic carbocycles. The van der Waals surface area contributed by atoms with Crippen molar-refractivity contribution in [2.75, 3.05) is 19.5 Å². The van der Waals surface area contributed by atoms with Gasteiger partial charge in [0, 0.05) is 7.11 Å². The summed E-state index contributed by atoms with van der Waals surface area (Å²) in [5.74, 6) is -1.03. The number of methoxy groups -OCH3 is 2. The van der Waals surface area contributed by atoms with Crippen molar-refractivity contribution in [2.45, 2.75) is 25.9 Å². The number of hydrogen-bond donors (Lipinski definition) is 2. The lowest BCUT2D eigenvalue weighted by atomic mass is 10.0. The fraction of sp³-hybridized carbons (Fsp3) is 0.429. The third kappa shape index (κ3) is 4.24. The zero-order valence-electron chi connectivity index (χ0n) is 12.0. The van der Waals surface area contributed by atoms with Gasteiger partial charge in [-0.1, -0.05) is 0 Å². The second kappa shape index (κ2) is 6.38. The molecule has 1 rings (SSSR count). The van der Waals surface area contributed by atoms with Gasteiger partial charge in [-0.15, -0.1) is 0 Å². The summed E-state index contributed by atoms with van der Waals surface area (Å²) in [6.07, 6.45) is 0.120. The van der Waals surface area contributed by atoms with Crippen molar-refractivity contribution in [1.29, 1.82) is 0 Å². The standard InChI is InChI=1S/C14H19NO5/c1-14(2,20-4)8-12(16)15-11-6-5-9(19-3)7-10(11)13(17)18/h5-7H,8H2,1-4H3,(H,15,16)(H,17,18). The smallest absolute Gasteiger partial charge is 0.337 e. The van der Waals surface area contributed by atoms with E-state index < -0.39 is 11.6 Å². The number of hydrogen-bond acceptors (Lipinski definition) is 4. The number of ether oxygens (including phenoxy) is 2. The predicted octanol–water partition coefficient (Wildman–Crippen LogP) is 2.15. The van der Waals surface area contributed by atoms with Gasteiger partial charge in [-0.3, -0.25) is 4.79 Å². The maximum absolute atomic E-state index is 11.9. The Morgan fingerprint density at radius 1 is 1.30 bits per heavy atom. The maximum Gasteiger partial charge on any atom is 0.337 e. The lowest BCUT2D eigenvalue weighted by Gasteiger charge is -2.22. The molecule has 0 aliphatic carbocycles. The minimum atomic E-state index is -1.13. The number of carbonyl (C=O) groups is 2. The van der Waals surface area contributed by atoms with Gasteiger partial charge in [-0.25, -0.2) is 4.79 Å². The van der Waals surface area contributed by atoms with Crippen LogP contribution in [0.25, 0.3) is 0 Å². The molecule has 0 spiro atoms. The Hall–Kier alpha value is -2.08. The molecule has 20 heavy (non-hydrogen) atoms. The number of carbonyl (C=O) groups excluding carboxylic acids is 1. The van der Waals surface area contributed by atoms with E-state index in [1.54, 1.807) is 19.9 Å². The van der Waals surface area contributed by atoms with E-state index in [2.05, 4.69) is 5.32 Å². The van der Waals surface area contributed by atoms with Crippen LogP contribution in [0.1, 0.15) is 30.6 Å². The minimum Gasteiger partial charge on any atom is -0.497 e. The Balaban J connectivity index is 2.92. The van der Waals surface area contributed by atoms with Crippen LogP contribution in [0.4, 0.5) is 5.69 Å². The average molecular weight is 281 g/mol. The third-order valence-electron chi connectivity index (χ3n) is 2.87. The molecule has 0 saturated carbocycles. The number of aromatic carboxylic acids is 1. The molecule has 0 atom stereocenters. The van der Waals surface area contributed by atoms with Crippen LogP contribution >= 0.6 is 0 Å². The van der Waals surface area contributed by atoms with Crippen LogP contribution in [0.15, 0.2) is 18.2 Å². The predicted molar refractivity (Wildman–Crippen MR) is 74.3 cm³/mol. The molecule has 0 aliphatic rings. The highest BCUT2D eigenvalue weighted by Crippen LogP contribution is 2.23. The second-order valence-corrected chi connectivity index (χ2v) is 4.91. The summed E-state index contributed by atoms with van der Waals surface area (Å²) in [6.45, 7) is 3.55. The molecule has 1 amide bonds. The van der Waals surface area contributed by atoms with Crippen molar-refractivity contribution in [3.8, 4) is 5.75 Å². The molecule has 0 fully saturated rings. The molecule has 0 aromatic heterocycles. The molecule has 0 unspecified atom stereocenters. The summed E-state index contributed by atoms with van der Waals surface area (Å²) in [6, 6.07) is 4.45. The molecule has 0 aliphatic heterocycles. The van der Waals surface area contributed by atoms with E-state index in [9.17, 15) is 9.59 Å². The van der Waals surface area contributed by atoms with E-state index in [-0.39, 0.29) is 23.6 Å². The fourth-order valence-electron chi connectivity index (χ4n) is 1.59. The molecule has 0 heterocycles. The Kier molecular flexibility index (Phi) is 5.10. The van der Waals surface area contributed by atoms with Crippen LogP contribution in [0.3, 0.4) is 0 Å². The number of carboxylic acid groups (broad SMARTS) is 1. The monoisotopic (exact) mass is 281 g/mol. The molecule has 6 nitrogen and oxygen atoms in total. The summed E-state index contributed by atoms with van der Waals surface area (Å²) in [4.78, 5) is 23.1. The summed E-state index contributed by atoms with van der Waals surface area (Å²) < 4.78 is 10.1. The van der Waals surface area contributed by atoms with Crippen molar-refractivity contribution in [1.82, 2.24) is 0 Å². The van der Waals surface area contributed by atoms with Gasteiger partial charge in [0.2, 0.25) is 5.91 Å². The number of rotatable bonds is 6. The van der Waals surface area contributed by atoms with E-state index in [4.69, 9.17) is 14.6 Å². The highest BCUT2D eigenvalue weighted by Gasteiger charge is 2.22. The van der Waals surface area contributed by atoms with Crippen LogP contribution < -0.4 is 10.1 Å². The first kappa shape index (κ1) is 16.0. The summed E-state index contributed by atoms with van der Waals surface area (Å²) in [5, 5.41) is 11.7. The Labute approximate surface area is 117 Å². The van der Waals surface area contributed by atoms with Crippen LogP contribution in [0.2, 0.25) is 0 Å². The SMILES string of the molecule is COc1ccc(NC(=O)CC(C)(C)OC)c(C(=O)O)c1. The van der Waals surface area contributed by atoms with Gasteiger partial charge in [-0.05, 0) is 32.0 Å². The van der Waals surface area contributed by atoms with Gasteiger partial charge in [-0.2, -0.15) is 0 Å². The molecule has 2 N–H and O–H groups in total. The van der Waals surface area contributed by atoms with Gasteiger partial charge in [0.15, 0.2) is 0 Å². The largest absolute Gasteiger partial charge is 0.497 e. The minimum absolute atomic E-state index is 0.0204. The molecule has 0 radical (unpaired) electrons. The maximum atomic E-state index is 11.9. The van der Waals surface area contributed by atoms with Crippen molar-refractivity contribution in [2.24, 2.45) is 0 Å². The van der Waals surface area contributed by atoms with Gasteiger partial charge >= 0.3 is 5.97 Å². The van der Waals surface area contributed by atoms with Crippen molar-refractivity contribution in [3.63, 3.8) is 0 Å². The van der Waals surface area contributed by atoms with Crippen molar-refractivity contribution >= 4 is 17.6 Å².